The van der Waals surface area contributed by atoms with Gasteiger partial charge in [0.1, 0.15) is 12.1 Å². The summed E-state index contributed by atoms with van der Waals surface area (Å²) < 4.78 is 29.4. The van der Waals surface area contributed by atoms with Gasteiger partial charge in [0.05, 0.1) is 4.90 Å². The quantitative estimate of drug-likeness (QED) is 0.240. The van der Waals surface area contributed by atoms with Crippen LogP contribution in [0.15, 0.2) is 77.7 Å². The van der Waals surface area contributed by atoms with Crippen LogP contribution in [0.5, 0.6) is 0 Å². The number of aromatic nitrogens is 2. The van der Waals surface area contributed by atoms with Gasteiger partial charge in [-0.3, -0.25) is 20.0 Å². The minimum Gasteiger partial charge on any atom is -0.343 e. The molecule has 0 saturated heterocycles. The van der Waals surface area contributed by atoms with Gasteiger partial charge in [-0.05, 0) is 54.0 Å². The van der Waals surface area contributed by atoms with Crippen molar-refractivity contribution in [1.29, 1.82) is 0 Å². The van der Waals surface area contributed by atoms with Gasteiger partial charge < -0.3 is 5.32 Å². The van der Waals surface area contributed by atoms with Gasteiger partial charge in [-0.15, -0.1) is 5.10 Å². The van der Waals surface area contributed by atoms with E-state index in [0.717, 1.165) is 27.7 Å². The molecule has 12 heteroatoms. The number of H-pyrrole nitrogens is 1. The van der Waals surface area contributed by atoms with Crippen molar-refractivity contribution in [2.24, 2.45) is 0 Å². The molecule has 36 heavy (non-hydrogen) atoms. The van der Waals surface area contributed by atoms with Crippen molar-refractivity contribution in [2.75, 3.05) is 5.32 Å². The Morgan fingerprint density at radius 1 is 1.00 bits per heavy atom. The highest BCUT2D eigenvalue weighted by atomic mass is 32.2. The topological polar surface area (TPSA) is 133 Å². The van der Waals surface area contributed by atoms with E-state index in [9.17, 15) is 18.0 Å². The number of carbonyl (C=O) groups is 2. The molecule has 1 heterocycles. The minimum absolute atomic E-state index is 0.0394. The Labute approximate surface area is 217 Å². The summed E-state index contributed by atoms with van der Waals surface area (Å²) >= 11 is 6.03. The predicted molar refractivity (Wildman–Crippen MR) is 142 cm³/mol. The zero-order valence-corrected chi connectivity index (χ0v) is 21.5. The fourth-order valence-corrected chi connectivity index (χ4v) is 5.53. The molecule has 2 amide bonds. The summed E-state index contributed by atoms with van der Waals surface area (Å²) in [7, 11) is -4.05. The van der Waals surface area contributed by atoms with E-state index < -0.39 is 33.9 Å². The first-order valence-electron chi connectivity index (χ1n) is 10.9. The zero-order valence-electron chi connectivity index (χ0n) is 19.1. The molecule has 186 valence electrons. The fraction of sp³-hybridized carbons (Fsp3) is 0.167. The lowest BCUT2D eigenvalue weighted by Crippen LogP contribution is -2.52. The number of hydrogen-bond donors (Lipinski definition) is 4. The van der Waals surface area contributed by atoms with Gasteiger partial charge in [-0.1, -0.05) is 72.0 Å². The summed E-state index contributed by atoms with van der Waals surface area (Å²) in [6.45, 7) is 1.50. The number of fused-ring (bicyclic) bond motifs is 1. The molecule has 4 aromatic rings. The monoisotopic (exact) mass is 541 g/mol. The Hall–Kier alpha value is -3.45. The van der Waals surface area contributed by atoms with E-state index in [1.165, 1.54) is 13.0 Å². The molecule has 0 unspecified atom stereocenters. The molecule has 1 aromatic heterocycles. The predicted octanol–water partition coefficient (Wildman–Crippen LogP) is 3.39. The highest BCUT2D eigenvalue weighted by Crippen LogP contribution is 2.19. The summed E-state index contributed by atoms with van der Waals surface area (Å²) in [5.74, 6) is -1.16. The van der Waals surface area contributed by atoms with Crippen LogP contribution in [0.25, 0.3) is 10.8 Å². The maximum atomic E-state index is 13.3. The number of amides is 2. The third-order valence-electron chi connectivity index (χ3n) is 5.35. The number of sulfonamides is 1. The number of rotatable bonds is 9. The van der Waals surface area contributed by atoms with Crippen molar-refractivity contribution in [3.8, 4) is 0 Å². The van der Waals surface area contributed by atoms with Crippen molar-refractivity contribution in [3.05, 3.63) is 82.3 Å². The lowest BCUT2D eigenvalue weighted by molar-refractivity contribution is -0.127. The molecule has 9 nitrogen and oxygen atoms in total. The number of carbonyl (C=O) groups excluding carboxylic acids is 2. The fourth-order valence-electron chi connectivity index (χ4n) is 3.50. The second kappa shape index (κ2) is 11.1. The molecule has 4 N–H and O–H groups in total. The largest absolute Gasteiger partial charge is 0.343 e. The third-order valence-corrected chi connectivity index (χ3v) is 7.82. The van der Waals surface area contributed by atoms with Crippen LogP contribution in [-0.4, -0.2) is 42.5 Å². The SMILES string of the molecule is C[C@H](NC(=O)[C@H](Cc1ccccc1)NS(=O)(=O)c1ccc2ccccc2c1)C(=O)Nc1n[nH]c(=S)s1. The highest BCUT2D eigenvalue weighted by molar-refractivity contribution is 7.89. The summed E-state index contributed by atoms with van der Waals surface area (Å²) in [6.07, 6.45) is 0.0918. The van der Waals surface area contributed by atoms with Gasteiger partial charge in [0, 0.05) is 0 Å². The van der Waals surface area contributed by atoms with E-state index in [1.807, 2.05) is 30.3 Å². The second-order valence-electron chi connectivity index (χ2n) is 8.01. The maximum absolute atomic E-state index is 13.3. The summed E-state index contributed by atoms with van der Waals surface area (Å²) in [5, 5.41) is 13.5. The standard InChI is InChI=1S/C24H23N5O4S3/c1-15(21(30)26-23-27-28-24(34)35-23)25-22(31)20(13-16-7-3-2-4-8-16)29-36(32,33)19-12-11-17-9-5-6-10-18(17)14-19/h2-12,14-15,20,29H,13H2,1H3,(H,25,31)(H,28,34)(H,26,27,30)/t15-,20-/m0/s1. The van der Waals surface area contributed by atoms with E-state index in [-0.39, 0.29) is 16.4 Å². The van der Waals surface area contributed by atoms with Crippen LogP contribution in [0.3, 0.4) is 0 Å². The van der Waals surface area contributed by atoms with Gasteiger partial charge in [-0.25, -0.2) is 8.42 Å². The molecule has 0 aliphatic heterocycles. The van der Waals surface area contributed by atoms with Crippen molar-refractivity contribution in [1.82, 2.24) is 20.2 Å². The first-order valence-corrected chi connectivity index (χ1v) is 13.6. The Balaban J connectivity index is 1.54. The van der Waals surface area contributed by atoms with E-state index in [1.54, 1.807) is 36.4 Å². The minimum atomic E-state index is -4.05. The number of anilines is 1. The molecule has 0 spiro atoms. The number of nitrogens with one attached hydrogen (secondary N) is 4. The van der Waals surface area contributed by atoms with Gasteiger partial charge in [0.25, 0.3) is 0 Å². The van der Waals surface area contributed by atoms with Crippen LogP contribution in [0.1, 0.15) is 12.5 Å². The third kappa shape index (κ3) is 6.40. The Morgan fingerprint density at radius 3 is 2.39 bits per heavy atom. The molecule has 0 bridgehead atoms. The normalized spacial score (nSPS) is 13.1. The van der Waals surface area contributed by atoms with Crippen LogP contribution in [0.2, 0.25) is 0 Å². The average Bonchev–Trinajstić information content (AvgIpc) is 3.28. The lowest BCUT2D eigenvalue weighted by Gasteiger charge is -2.21. The smallest absolute Gasteiger partial charge is 0.248 e. The summed E-state index contributed by atoms with van der Waals surface area (Å²) in [5.41, 5.74) is 0.757. The zero-order chi connectivity index (χ0) is 25.7. The van der Waals surface area contributed by atoms with Gasteiger partial charge in [-0.2, -0.15) is 4.72 Å². The molecule has 0 saturated carbocycles. The number of hydrogen-bond acceptors (Lipinski definition) is 7. The van der Waals surface area contributed by atoms with Crippen LogP contribution in [0.4, 0.5) is 5.13 Å². The Bertz CT molecular complexity index is 1550. The van der Waals surface area contributed by atoms with Crippen molar-refractivity contribution < 1.29 is 18.0 Å². The molecule has 0 fully saturated rings. The number of benzene rings is 3. The van der Waals surface area contributed by atoms with Crippen molar-refractivity contribution in [2.45, 2.75) is 30.3 Å². The molecule has 0 aliphatic carbocycles. The highest BCUT2D eigenvalue weighted by Gasteiger charge is 2.28. The van der Waals surface area contributed by atoms with Gasteiger partial charge in [0.2, 0.25) is 27.0 Å². The molecular formula is C24H23N5O4S3. The maximum Gasteiger partial charge on any atom is 0.248 e. The lowest BCUT2D eigenvalue weighted by atomic mass is 10.1. The van der Waals surface area contributed by atoms with E-state index in [2.05, 4.69) is 25.6 Å². The van der Waals surface area contributed by atoms with E-state index in [0.29, 0.717) is 3.95 Å². The van der Waals surface area contributed by atoms with Gasteiger partial charge in [0.15, 0.2) is 3.95 Å². The van der Waals surface area contributed by atoms with Crippen LogP contribution in [-0.2, 0) is 26.0 Å². The van der Waals surface area contributed by atoms with Crippen LogP contribution < -0.4 is 15.4 Å². The van der Waals surface area contributed by atoms with Crippen LogP contribution in [0, 0.1) is 3.95 Å². The van der Waals surface area contributed by atoms with Crippen molar-refractivity contribution in [3.63, 3.8) is 0 Å². The molecular weight excluding hydrogens is 518 g/mol. The molecule has 0 aliphatic rings. The Morgan fingerprint density at radius 2 is 1.69 bits per heavy atom. The first kappa shape index (κ1) is 25.6. The number of aromatic amines is 1. The summed E-state index contributed by atoms with van der Waals surface area (Å²) in [4.78, 5) is 25.7. The molecule has 0 radical (unpaired) electrons. The van der Waals surface area contributed by atoms with Gasteiger partial charge >= 0.3 is 0 Å². The van der Waals surface area contributed by atoms with E-state index in [4.69, 9.17) is 12.2 Å². The second-order valence-corrected chi connectivity index (χ2v) is 11.4. The molecule has 3 aromatic carbocycles. The van der Waals surface area contributed by atoms with Crippen molar-refractivity contribution >= 4 is 61.3 Å². The molecule has 4 rings (SSSR count). The summed E-state index contributed by atoms with van der Waals surface area (Å²) in [6, 6.07) is 19.1. The van der Waals surface area contributed by atoms with E-state index >= 15 is 0 Å². The Kier molecular flexibility index (Phi) is 7.89. The molecule has 2 atom stereocenters. The van der Waals surface area contributed by atoms with Crippen LogP contribution >= 0.6 is 23.6 Å². The first-order chi connectivity index (χ1) is 17.2. The number of nitrogens with zero attached hydrogens (tertiary/aromatic N) is 1. The average molecular weight is 542 g/mol.